The molecular weight excluding hydrogens is 402 g/mol. The highest BCUT2D eigenvalue weighted by atomic mass is 32.2. The molecule has 0 bridgehead atoms. The van der Waals surface area contributed by atoms with Crippen molar-refractivity contribution in [1.29, 1.82) is 0 Å². The molecule has 0 aliphatic carbocycles. The van der Waals surface area contributed by atoms with E-state index in [0.717, 1.165) is 4.31 Å². The molecular formula is C18H23N3O5S2. The second-order valence-electron chi connectivity index (χ2n) is 6.26. The van der Waals surface area contributed by atoms with Gasteiger partial charge in [-0.2, -0.15) is 0 Å². The summed E-state index contributed by atoms with van der Waals surface area (Å²) in [6, 6.07) is 10.6. The van der Waals surface area contributed by atoms with E-state index >= 15 is 0 Å². The van der Waals surface area contributed by atoms with Crippen molar-refractivity contribution in [2.75, 3.05) is 21.1 Å². The van der Waals surface area contributed by atoms with E-state index in [1.807, 2.05) is 0 Å². The number of rotatable bonds is 7. The molecule has 2 aromatic rings. The van der Waals surface area contributed by atoms with Gasteiger partial charge in [0.15, 0.2) is 0 Å². The summed E-state index contributed by atoms with van der Waals surface area (Å²) in [4.78, 5) is 12.7. The lowest BCUT2D eigenvalue weighted by Crippen LogP contribution is -2.27. The lowest BCUT2D eigenvalue weighted by atomic mass is 10.1. The fourth-order valence-corrected chi connectivity index (χ4v) is 4.37. The average Bonchev–Trinajstić information content (AvgIpc) is 2.66. The number of nitrogens with zero attached hydrogens (tertiary/aromatic N) is 1. The first kappa shape index (κ1) is 22.0. The van der Waals surface area contributed by atoms with Crippen molar-refractivity contribution < 1.29 is 21.6 Å². The molecule has 8 nitrogen and oxygen atoms in total. The number of sulfonamides is 2. The number of nitrogens with one attached hydrogen (secondary N) is 2. The summed E-state index contributed by atoms with van der Waals surface area (Å²) in [7, 11) is -3.20. The molecule has 0 fully saturated rings. The topological polar surface area (TPSA) is 113 Å². The van der Waals surface area contributed by atoms with Gasteiger partial charge in [0.25, 0.3) is 5.91 Å². The van der Waals surface area contributed by atoms with Crippen molar-refractivity contribution in [2.24, 2.45) is 0 Å². The first-order valence-corrected chi connectivity index (χ1v) is 11.3. The van der Waals surface area contributed by atoms with Crippen molar-refractivity contribution >= 4 is 26.0 Å². The molecule has 0 atom stereocenters. The molecule has 0 saturated heterocycles. The Bertz CT molecular complexity index is 1090. The summed E-state index contributed by atoms with van der Waals surface area (Å²) >= 11 is 0. The molecule has 2 N–H and O–H groups in total. The average molecular weight is 426 g/mol. The second-order valence-corrected chi connectivity index (χ2v) is 10.3. The van der Waals surface area contributed by atoms with Gasteiger partial charge in [-0.15, -0.1) is 0 Å². The lowest BCUT2D eigenvalue weighted by molar-refractivity contribution is 0.0949. The third kappa shape index (κ3) is 4.58. The van der Waals surface area contributed by atoms with E-state index in [9.17, 15) is 21.6 Å². The maximum absolute atomic E-state index is 12.6. The van der Waals surface area contributed by atoms with Gasteiger partial charge in [0, 0.05) is 26.2 Å². The summed E-state index contributed by atoms with van der Waals surface area (Å²) in [6.07, 6.45) is 0. The quantitative estimate of drug-likeness (QED) is 0.689. The second kappa shape index (κ2) is 8.39. The number of amides is 1. The first-order valence-electron chi connectivity index (χ1n) is 8.33. The zero-order valence-electron chi connectivity index (χ0n) is 16.1. The molecule has 0 unspecified atom stereocenters. The van der Waals surface area contributed by atoms with Crippen molar-refractivity contribution in [3.05, 3.63) is 59.2 Å². The van der Waals surface area contributed by atoms with Crippen LogP contribution in [0.2, 0.25) is 0 Å². The minimum atomic E-state index is -3.69. The maximum atomic E-state index is 12.6. The molecule has 10 heteroatoms. The summed E-state index contributed by atoms with van der Waals surface area (Å²) in [5.74, 6) is -0.497. The molecule has 28 heavy (non-hydrogen) atoms. The van der Waals surface area contributed by atoms with Crippen LogP contribution in [0, 0.1) is 6.92 Å². The van der Waals surface area contributed by atoms with Crippen LogP contribution in [-0.2, 0) is 26.6 Å². The van der Waals surface area contributed by atoms with Gasteiger partial charge in [-0.3, -0.25) is 4.79 Å². The zero-order valence-corrected chi connectivity index (χ0v) is 17.7. The summed E-state index contributed by atoms with van der Waals surface area (Å²) in [5, 5.41) is 2.67. The van der Waals surface area contributed by atoms with Crippen molar-refractivity contribution in [2.45, 2.75) is 23.3 Å². The van der Waals surface area contributed by atoms with Crippen LogP contribution in [0.1, 0.15) is 21.5 Å². The SMILES string of the molecule is CNS(=O)(=O)c1ccc(C)c(C(=O)NCc2ccccc2S(=O)(=O)N(C)C)c1. The van der Waals surface area contributed by atoms with Crippen LogP contribution >= 0.6 is 0 Å². The minimum Gasteiger partial charge on any atom is -0.348 e. The highest BCUT2D eigenvalue weighted by molar-refractivity contribution is 7.89. The molecule has 2 rings (SSSR count). The van der Waals surface area contributed by atoms with E-state index < -0.39 is 26.0 Å². The van der Waals surface area contributed by atoms with Crippen LogP contribution in [0.15, 0.2) is 52.3 Å². The van der Waals surface area contributed by atoms with E-state index in [0.29, 0.717) is 11.1 Å². The van der Waals surface area contributed by atoms with Crippen LogP contribution in [0.4, 0.5) is 0 Å². The number of carbonyl (C=O) groups excluding carboxylic acids is 1. The van der Waals surface area contributed by atoms with Gasteiger partial charge in [-0.25, -0.2) is 25.9 Å². The van der Waals surface area contributed by atoms with E-state index in [4.69, 9.17) is 0 Å². The molecule has 0 aliphatic heterocycles. The van der Waals surface area contributed by atoms with E-state index in [1.165, 1.54) is 39.3 Å². The van der Waals surface area contributed by atoms with Crippen LogP contribution < -0.4 is 10.0 Å². The normalized spacial score (nSPS) is 12.2. The van der Waals surface area contributed by atoms with Gasteiger partial charge >= 0.3 is 0 Å². The van der Waals surface area contributed by atoms with Gasteiger partial charge in [-0.1, -0.05) is 24.3 Å². The van der Waals surface area contributed by atoms with Gasteiger partial charge in [0.05, 0.1) is 9.79 Å². The van der Waals surface area contributed by atoms with E-state index in [-0.39, 0.29) is 21.9 Å². The Hall–Kier alpha value is -2.27. The number of carbonyl (C=O) groups is 1. The molecule has 0 aliphatic rings. The predicted molar refractivity (Wildman–Crippen MR) is 106 cm³/mol. The highest BCUT2D eigenvalue weighted by Gasteiger charge is 2.21. The Labute approximate surface area is 165 Å². The predicted octanol–water partition coefficient (Wildman–Crippen LogP) is 1.08. The molecule has 0 aromatic heterocycles. The van der Waals surface area contributed by atoms with Crippen LogP contribution in [-0.4, -0.2) is 48.2 Å². The largest absolute Gasteiger partial charge is 0.348 e. The molecule has 152 valence electrons. The van der Waals surface area contributed by atoms with Gasteiger partial charge in [0.1, 0.15) is 0 Å². The van der Waals surface area contributed by atoms with Crippen molar-refractivity contribution in [3.63, 3.8) is 0 Å². The molecule has 1 amide bonds. The Morgan fingerprint density at radius 2 is 1.68 bits per heavy atom. The minimum absolute atomic E-state index is 0.0233. The van der Waals surface area contributed by atoms with E-state index in [2.05, 4.69) is 10.0 Å². The number of aryl methyl sites for hydroxylation is 1. The maximum Gasteiger partial charge on any atom is 0.251 e. The van der Waals surface area contributed by atoms with Crippen molar-refractivity contribution in [3.8, 4) is 0 Å². The van der Waals surface area contributed by atoms with Gasteiger partial charge in [-0.05, 0) is 43.3 Å². The molecule has 0 heterocycles. The summed E-state index contributed by atoms with van der Waals surface area (Å²) < 4.78 is 52.1. The Morgan fingerprint density at radius 3 is 2.29 bits per heavy atom. The Balaban J connectivity index is 2.31. The monoisotopic (exact) mass is 425 g/mol. The smallest absolute Gasteiger partial charge is 0.251 e. The molecule has 0 spiro atoms. The van der Waals surface area contributed by atoms with Gasteiger partial charge < -0.3 is 5.32 Å². The molecule has 0 radical (unpaired) electrons. The standard InChI is InChI=1S/C18H23N3O5S2/c1-13-9-10-15(27(23,24)19-2)11-16(13)18(22)20-12-14-7-5-6-8-17(14)28(25,26)21(3)4/h5-11,19H,12H2,1-4H3,(H,20,22). The van der Waals surface area contributed by atoms with Crippen molar-refractivity contribution in [1.82, 2.24) is 14.3 Å². The third-order valence-corrected chi connectivity index (χ3v) is 7.53. The zero-order chi connectivity index (χ0) is 21.1. The number of hydrogen-bond acceptors (Lipinski definition) is 5. The van der Waals surface area contributed by atoms with Gasteiger partial charge in [0.2, 0.25) is 20.0 Å². The molecule has 2 aromatic carbocycles. The van der Waals surface area contributed by atoms with E-state index in [1.54, 1.807) is 31.2 Å². The summed E-state index contributed by atoms with van der Waals surface area (Å²) in [6.45, 7) is 1.67. The Kier molecular flexibility index (Phi) is 6.60. The lowest BCUT2D eigenvalue weighted by Gasteiger charge is -2.16. The molecule has 0 saturated carbocycles. The Morgan fingerprint density at radius 1 is 1.04 bits per heavy atom. The van der Waals surface area contributed by atoms with Crippen LogP contribution in [0.5, 0.6) is 0 Å². The fourth-order valence-electron chi connectivity index (χ4n) is 2.50. The van der Waals surface area contributed by atoms with Crippen LogP contribution in [0.3, 0.4) is 0 Å². The number of benzene rings is 2. The van der Waals surface area contributed by atoms with Crippen LogP contribution in [0.25, 0.3) is 0 Å². The third-order valence-electron chi connectivity index (χ3n) is 4.20. The first-order chi connectivity index (χ1) is 13.0. The summed E-state index contributed by atoms with van der Waals surface area (Å²) in [5.41, 5.74) is 1.23. The highest BCUT2D eigenvalue weighted by Crippen LogP contribution is 2.19. The fraction of sp³-hybridized carbons (Fsp3) is 0.278. The number of hydrogen-bond donors (Lipinski definition) is 2.